The second-order valence-electron chi connectivity index (χ2n) is 6.40. The van der Waals surface area contributed by atoms with Crippen LogP contribution < -0.4 is 10.6 Å². The number of halogens is 1. The van der Waals surface area contributed by atoms with Gasteiger partial charge in [-0.05, 0) is 55.3 Å². The van der Waals surface area contributed by atoms with E-state index < -0.39 is 11.7 Å². The topological polar surface area (TPSA) is 58.4 Å². The number of anilines is 1. The maximum absolute atomic E-state index is 14.5. The summed E-state index contributed by atoms with van der Waals surface area (Å²) in [5, 5.41) is 5.98. The van der Waals surface area contributed by atoms with E-state index in [-0.39, 0.29) is 5.56 Å². The number of aryl methyl sites for hydroxylation is 1. The average molecular weight is 350 g/mol. The molecule has 0 atom stereocenters. The Balaban J connectivity index is 1.56. The maximum Gasteiger partial charge on any atom is 0.258 e. The monoisotopic (exact) mass is 350 g/mol. The summed E-state index contributed by atoms with van der Waals surface area (Å²) in [6, 6.07) is 8.35. The molecule has 0 unspecified atom stereocenters. The molecule has 6 heteroatoms. The molecule has 1 amide bonds. The Morgan fingerprint density at radius 3 is 2.92 bits per heavy atom. The summed E-state index contributed by atoms with van der Waals surface area (Å²) in [6.45, 7) is 3.57. The van der Waals surface area contributed by atoms with Crippen molar-refractivity contribution in [3.05, 3.63) is 71.4 Å². The van der Waals surface area contributed by atoms with Crippen LogP contribution in [0.3, 0.4) is 0 Å². The number of hydrogen-bond donors (Lipinski definition) is 2. The number of nitrogens with zero attached hydrogens (tertiary/aromatic N) is 2. The van der Waals surface area contributed by atoms with Crippen LogP contribution >= 0.6 is 0 Å². The zero-order chi connectivity index (χ0) is 18.1. The molecule has 0 saturated heterocycles. The molecule has 132 valence electrons. The van der Waals surface area contributed by atoms with Crippen molar-refractivity contribution in [1.29, 1.82) is 0 Å². The normalized spacial score (nSPS) is 14.3. The van der Waals surface area contributed by atoms with Gasteiger partial charge in [0.05, 0.1) is 16.9 Å². The highest BCUT2D eigenvalue weighted by atomic mass is 19.1. The number of carbonyl (C=O) groups is 1. The minimum absolute atomic E-state index is 0.0326. The van der Waals surface area contributed by atoms with Crippen molar-refractivity contribution in [3.8, 4) is 0 Å². The Morgan fingerprint density at radius 2 is 2.15 bits per heavy atom. The van der Waals surface area contributed by atoms with Gasteiger partial charge in [0.15, 0.2) is 0 Å². The number of nitrogens with one attached hydrogen (secondary N) is 2. The molecule has 0 radical (unpaired) electrons. The Hall–Kier alpha value is -2.99. The molecule has 1 aliphatic rings. The first-order chi connectivity index (χ1) is 12.6. The molecule has 1 aliphatic heterocycles. The van der Waals surface area contributed by atoms with E-state index in [1.54, 1.807) is 24.4 Å². The van der Waals surface area contributed by atoms with E-state index >= 15 is 0 Å². The van der Waals surface area contributed by atoms with Crippen LogP contribution in [0.5, 0.6) is 0 Å². The van der Waals surface area contributed by atoms with Gasteiger partial charge in [0, 0.05) is 18.9 Å². The van der Waals surface area contributed by atoms with E-state index in [9.17, 15) is 9.18 Å². The minimum atomic E-state index is -0.515. The summed E-state index contributed by atoms with van der Waals surface area (Å²) in [7, 11) is 0. The third-order valence-corrected chi connectivity index (χ3v) is 4.48. The molecule has 0 saturated carbocycles. The maximum atomic E-state index is 14.5. The molecule has 2 aromatic heterocycles. The molecule has 0 aliphatic carbocycles. The van der Waals surface area contributed by atoms with E-state index in [2.05, 4.69) is 21.7 Å². The molecule has 2 N–H and O–H groups in total. The van der Waals surface area contributed by atoms with Crippen LogP contribution in [0.4, 0.5) is 10.1 Å². The zero-order valence-electron chi connectivity index (χ0n) is 14.4. The Kier molecular flexibility index (Phi) is 4.26. The number of amides is 1. The molecular formula is C20H19FN4O. The summed E-state index contributed by atoms with van der Waals surface area (Å²) in [6.07, 6.45) is 6.54. The fraction of sp³-hybridized carbons (Fsp3) is 0.200. The van der Waals surface area contributed by atoms with Crippen LogP contribution in [-0.4, -0.2) is 28.4 Å². The first-order valence-corrected chi connectivity index (χ1v) is 8.56. The van der Waals surface area contributed by atoms with Crippen molar-refractivity contribution < 1.29 is 9.18 Å². The lowest BCUT2D eigenvalue weighted by atomic mass is 9.98. The summed E-state index contributed by atoms with van der Waals surface area (Å²) in [5.41, 5.74) is 4.25. The predicted octanol–water partition coefficient (Wildman–Crippen LogP) is 3.41. The van der Waals surface area contributed by atoms with Crippen molar-refractivity contribution in [2.75, 3.05) is 18.4 Å². The second-order valence-corrected chi connectivity index (χ2v) is 6.40. The minimum Gasteiger partial charge on any atom is -0.321 e. The van der Waals surface area contributed by atoms with Crippen molar-refractivity contribution in [3.63, 3.8) is 0 Å². The van der Waals surface area contributed by atoms with Gasteiger partial charge in [-0.15, -0.1) is 0 Å². The molecule has 5 nitrogen and oxygen atoms in total. The molecular weight excluding hydrogens is 331 g/mol. The van der Waals surface area contributed by atoms with Gasteiger partial charge in [-0.25, -0.2) is 9.37 Å². The predicted molar refractivity (Wildman–Crippen MR) is 99.7 cm³/mol. The van der Waals surface area contributed by atoms with Crippen LogP contribution in [0.25, 0.3) is 11.2 Å². The average Bonchev–Trinajstić information content (AvgIpc) is 3.01. The number of fused-ring (bicyclic) bond motifs is 1. The lowest BCUT2D eigenvalue weighted by Crippen LogP contribution is -2.20. The number of hydrogen-bond acceptors (Lipinski definition) is 3. The molecule has 0 bridgehead atoms. The van der Waals surface area contributed by atoms with Crippen LogP contribution in [0, 0.1) is 12.7 Å². The van der Waals surface area contributed by atoms with Gasteiger partial charge in [-0.2, -0.15) is 0 Å². The summed E-state index contributed by atoms with van der Waals surface area (Å²) in [4.78, 5) is 16.8. The second kappa shape index (κ2) is 6.72. The fourth-order valence-electron chi connectivity index (χ4n) is 3.17. The van der Waals surface area contributed by atoms with E-state index in [4.69, 9.17) is 0 Å². The van der Waals surface area contributed by atoms with Gasteiger partial charge in [-0.3, -0.25) is 4.79 Å². The van der Waals surface area contributed by atoms with Gasteiger partial charge in [0.25, 0.3) is 5.91 Å². The Bertz CT molecular complexity index is 1020. The number of benzene rings is 1. The van der Waals surface area contributed by atoms with Crippen LogP contribution in [0.15, 0.2) is 48.8 Å². The summed E-state index contributed by atoms with van der Waals surface area (Å²) < 4.78 is 16.3. The number of pyridine rings is 1. The smallest absolute Gasteiger partial charge is 0.258 e. The van der Waals surface area contributed by atoms with Crippen LogP contribution in [0.2, 0.25) is 0 Å². The third kappa shape index (κ3) is 3.23. The van der Waals surface area contributed by atoms with Crippen molar-refractivity contribution >= 4 is 22.8 Å². The fourth-order valence-corrected chi connectivity index (χ4v) is 3.17. The number of carbonyl (C=O) groups excluding carboxylic acids is 1. The lowest BCUT2D eigenvalue weighted by molar-refractivity contribution is 0.102. The number of aromatic nitrogens is 2. The van der Waals surface area contributed by atoms with Crippen molar-refractivity contribution in [2.45, 2.75) is 13.3 Å². The SMILES string of the molecule is Cc1cn2cc(NC(=O)c3ccc(C4=CCNCC4)cc3F)ccc2n1. The highest BCUT2D eigenvalue weighted by molar-refractivity contribution is 6.04. The standard InChI is InChI=1S/C20H19FN4O/c1-13-11-25-12-16(3-5-19(25)23-13)24-20(26)17-4-2-15(10-18(17)21)14-6-8-22-9-7-14/h2-6,10-12,22H,7-9H2,1H3,(H,24,26). The van der Waals surface area contributed by atoms with Gasteiger partial charge in [0.1, 0.15) is 11.5 Å². The first-order valence-electron chi connectivity index (χ1n) is 8.56. The van der Waals surface area contributed by atoms with E-state index in [1.807, 2.05) is 23.6 Å². The lowest BCUT2D eigenvalue weighted by Gasteiger charge is -2.15. The summed E-state index contributed by atoms with van der Waals surface area (Å²) >= 11 is 0. The number of rotatable bonds is 3. The van der Waals surface area contributed by atoms with Gasteiger partial charge in [0.2, 0.25) is 0 Å². The first kappa shape index (κ1) is 16.5. The Labute approximate surface area is 150 Å². The molecule has 3 aromatic rings. The molecule has 1 aromatic carbocycles. The quantitative estimate of drug-likeness (QED) is 0.761. The molecule has 0 fully saturated rings. The van der Waals surface area contributed by atoms with E-state index in [1.165, 1.54) is 6.07 Å². The highest BCUT2D eigenvalue weighted by Crippen LogP contribution is 2.23. The van der Waals surface area contributed by atoms with Crippen molar-refractivity contribution in [2.24, 2.45) is 0 Å². The van der Waals surface area contributed by atoms with E-state index in [0.29, 0.717) is 5.69 Å². The third-order valence-electron chi connectivity index (χ3n) is 4.48. The van der Waals surface area contributed by atoms with Gasteiger partial charge < -0.3 is 15.0 Å². The number of imidazole rings is 1. The Morgan fingerprint density at radius 1 is 1.27 bits per heavy atom. The van der Waals surface area contributed by atoms with Crippen LogP contribution in [0.1, 0.15) is 28.0 Å². The largest absolute Gasteiger partial charge is 0.321 e. The highest BCUT2D eigenvalue weighted by Gasteiger charge is 2.15. The molecule has 3 heterocycles. The molecule has 0 spiro atoms. The van der Waals surface area contributed by atoms with Gasteiger partial charge >= 0.3 is 0 Å². The van der Waals surface area contributed by atoms with Gasteiger partial charge in [-0.1, -0.05) is 12.1 Å². The van der Waals surface area contributed by atoms with E-state index in [0.717, 1.165) is 42.0 Å². The van der Waals surface area contributed by atoms with Crippen LogP contribution in [-0.2, 0) is 0 Å². The zero-order valence-corrected chi connectivity index (χ0v) is 14.4. The van der Waals surface area contributed by atoms with Crippen molar-refractivity contribution in [1.82, 2.24) is 14.7 Å². The molecule has 26 heavy (non-hydrogen) atoms. The molecule has 4 rings (SSSR count). The summed E-state index contributed by atoms with van der Waals surface area (Å²) in [5.74, 6) is -0.983.